The van der Waals surface area contributed by atoms with Crippen LogP contribution in [0.25, 0.3) is 0 Å². The molecule has 1 rings (SSSR count). The van der Waals surface area contributed by atoms with Crippen molar-refractivity contribution in [2.24, 2.45) is 0 Å². The lowest BCUT2D eigenvalue weighted by Crippen LogP contribution is -2.35. The minimum atomic E-state index is 0.185. The lowest BCUT2D eigenvalue weighted by Gasteiger charge is -2.24. The molecule has 1 unspecified atom stereocenters. The molecule has 1 fully saturated rings. The van der Waals surface area contributed by atoms with Gasteiger partial charge in [0, 0.05) is 20.3 Å². The number of thioether (sulfide) groups is 1. The topological polar surface area (TPSA) is 21.7 Å². The Hall–Kier alpha value is 0.230. The van der Waals surface area contributed by atoms with Crippen LogP contribution in [0.5, 0.6) is 0 Å². The molecule has 3 nitrogen and oxygen atoms in total. The fraction of sp³-hybridized carbons (Fsp3) is 1.00. The van der Waals surface area contributed by atoms with Gasteiger partial charge in [-0.3, -0.25) is 4.90 Å². The Morgan fingerprint density at radius 3 is 2.14 bits per heavy atom. The Kier molecular flexibility index (Phi) is 4.70. The van der Waals surface area contributed by atoms with E-state index in [9.17, 15) is 0 Å². The van der Waals surface area contributed by atoms with Gasteiger partial charge in [-0.25, -0.2) is 0 Å². The van der Waals surface area contributed by atoms with E-state index in [1.54, 1.807) is 14.2 Å². The SMILES string of the molecule is CC[C@@H]1[C@H](OC)[C@@H](OC)C(SC)N1C. The smallest absolute Gasteiger partial charge is 0.110 e. The largest absolute Gasteiger partial charge is 0.377 e. The highest BCUT2D eigenvalue weighted by atomic mass is 32.2. The molecule has 1 aliphatic heterocycles. The fourth-order valence-electron chi connectivity index (χ4n) is 2.40. The van der Waals surface area contributed by atoms with E-state index in [0.717, 1.165) is 6.42 Å². The lowest BCUT2D eigenvalue weighted by molar-refractivity contribution is -0.0215. The first-order valence-electron chi connectivity index (χ1n) is 5.01. The van der Waals surface area contributed by atoms with E-state index in [2.05, 4.69) is 25.1 Å². The molecule has 0 radical (unpaired) electrons. The highest BCUT2D eigenvalue weighted by molar-refractivity contribution is 7.99. The summed E-state index contributed by atoms with van der Waals surface area (Å²) in [6.07, 6.45) is 3.61. The van der Waals surface area contributed by atoms with E-state index >= 15 is 0 Å². The summed E-state index contributed by atoms with van der Waals surface area (Å²) in [5.41, 5.74) is 0. The Morgan fingerprint density at radius 2 is 1.79 bits per heavy atom. The van der Waals surface area contributed by atoms with E-state index < -0.39 is 0 Å². The first-order chi connectivity index (χ1) is 6.71. The van der Waals surface area contributed by atoms with E-state index in [0.29, 0.717) is 11.4 Å². The van der Waals surface area contributed by atoms with Crippen LogP contribution in [0.4, 0.5) is 0 Å². The van der Waals surface area contributed by atoms with Crippen LogP contribution in [0.15, 0.2) is 0 Å². The molecule has 84 valence electrons. The van der Waals surface area contributed by atoms with Gasteiger partial charge in [0.25, 0.3) is 0 Å². The molecular weight excluding hydrogens is 198 g/mol. The van der Waals surface area contributed by atoms with E-state index in [4.69, 9.17) is 9.47 Å². The molecular formula is C10H21NO2S. The minimum Gasteiger partial charge on any atom is -0.377 e. The first kappa shape index (κ1) is 12.3. The van der Waals surface area contributed by atoms with Crippen LogP contribution in [-0.4, -0.2) is 56.0 Å². The van der Waals surface area contributed by atoms with Gasteiger partial charge in [-0.1, -0.05) is 6.92 Å². The number of methoxy groups -OCH3 is 2. The van der Waals surface area contributed by atoms with Crippen LogP contribution in [0.2, 0.25) is 0 Å². The Morgan fingerprint density at radius 1 is 1.21 bits per heavy atom. The zero-order valence-corrected chi connectivity index (χ0v) is 10.5. The van der Waals surface area contributed by atoms with Gasteiger partial charge >= 0.3 is 0 Å². The molecule has 0 N–H and O–H groups in total. The number of nitrogens with zero attached hydrogens (tertiary/aromatic N) is 1. The zero-order chi connectivity index (χ0) is 10.7. The van der Waals surface area contributed by atoms with Crippen molar-refractivity contribution in [1.82, 2.24) is 4.90 Å². The molecule has 0 spiro atoms. The van der Waals surface area contributed by atoms with Crippen molar-refractivity contribution in [2.75, 3.05) is 27.5 Å². The van der Waals surface area contributed by atoms with Gasteiger partial charge in [-0.15, -0.1) is 11.8 Å². The number of ether oxygens (including phenoxy) is 2. The minimum absolute atomic E-state index is 0.185. The quantitative estimate of drug-likeness (QED) is 0.713. The van der Waals surface area contributed by atoms with Crippen molar-refractivity contribution in [3.63, 3.8) is 0 Å². The van der Waals surface area contributed by atoms with E-state index in [-0.39, 0.29) is 12.2 Å². The van der Waals surface area contributed by atoms with Crippen LogP contribution in [0.3, 0.4) is 0 Å². The van der Waals surface area contributed by atoms with Crippen molar-refractivity contribution in [3.05, 3.63) is 0 Å². The molecule has 14 heavy (non-hydrogen) atoms. The molecule has 0 aromatic heterocycles. The summed E-state index contributed by atoms with van der Waals surface area (Å²) in [6, 6.07) is 0.474. The maximum absolute atomic E-state index is 5.54. The molecule has 0 aromatic carbocycles. The summed E-state index contributed by atoms with van der Waals surface area (Å²) in [7, 11) is 5.70. The second kappa shape index (κ2) is 5.35. The molecule has 0 aromatic rings. The molecule has 0 saturated carbocycles. The monoisotopic (exact) mass is 219 g/mol. The average molecular weight is 219 g/mol. The van der Waals surface area contributed by atoms with Gasteiger partial charge in [0.15, 0.2) is 0 Å². The number of hydrogen-bond acceptors (Lipinski definition) is 4. The predicted octanol–water partition coefficient (Wildman–Crippen LogP) is 1.43. The van der Waals surface area contributed by atoms with Crippen molar-refractivity contribution in [2.45, 2.75) is 37.0 Å². The summed E-state index contributed by atoms with van der Waals surface area (Å²) in [6.45, 7) is 2.20. The lowest BCUT2D eigenvalue weighted by atomic mass is 10.1. The van der Waals surface area contributed by atoms with Crippen LogP contribution in [0.1, 0.15) is 13.3 Å². The second-order valence-electron chi connectivity index (χ2n) is 3.67. The summed E-state index contributed by atoms with van der Waals surface area (Å²) >= 11 is 1.83. The molecule has 0 aliphatic carbocycles. The van der Waals surface area contributed by atoms with E-state index in [1.165, 1.54) is 0 Å². The maximum atomic E-state index is 5.54. The summed E-state index contributed by atoms with van der Waals surface area (Å²) < 4.78 is 11.1. The normalized spacial score (nSPS) is 39.2. The number of hydrogen-bond donors (Lipinski definition) is 0. The Labute approximate surface area is 91.1 Å². The fourth-order valence-corrected chi connectivity index (χ4v) is 3.42. The molecule has 4 heteroatoms. The van der Waals surface area contributed by atoms with Gasteiger partial charge in [0.2, 0.25) is 0 Å². The summed E-state index contributed by atoms with van der Waals surface area (Å²) in [5.74, 6) is 0. The third-order valence-corrected chi connectivity index (χ3v) is 4.20. The third kappa shape index (κ3) is 1.94. The maximum Gasteiger partial charge on any atom is 0.110 e. The molecule has 1 heterocycles. The number of likely N-dealkylation sites (N-methyl/N-ethyl adjacent to an activating group) is 1. The van der Waals surface area contributed by atoms with Crippen LogP contribution < -0.4 is 0 Å². The molecule has 1 aliphatic rings. The van der Waals surface area contributed by atoms with Gasteiger partial charge < -0.3 is 9.47 Å². The van der Waals surface area contributed by atoms with Crippen molar-refractivity contribution in [3.8, 4) is 0 Å². The second-order valence-corrected chi connectivity index (χ2v) is 4.62. The number of rotatable bonds is 4. The standard InChI is InChI=1S/C10H21NO2S/c1-6-7-8(12-3)9(13-4)10(14-5)11(7)2/h7-10H,6H2,1-5H3/t7-,8+,9-,10?/m1/s1. The highest BCUT2D eigenvalue weighted by Gasteiger charge is 2.46. The Bertz CT molecular complexity index is 162. The van der Waals surface area contributed by atoms with Crippen molar-refractivity contribution < 1.29 is 9.47 Å². The van der Waals surface area contributed by atoms with Crippen LogP contribution in [0, 0.1) is 0 Å². The summed E-state index contributed by atoms with van der Waals surface area (Å²) in [5, 5.41) is 0.412. The zero-order valence-electron chi connectivity index (χ0n) is 9.69. The number of likely N-dealkylation sites (tertiary alicyclic amines) is 1. The van der Waals surface area contributed by atoms with Gasteiger partial charge in [0.1, 0.15) is 12.2 Å². The highest BCUT2D eigenvalue weighted by Crippen LogP contribution is 2.34. The van der Waals surface area contributed by atoms with Crippen molar-refractivity contribution in [1.29, 1.82) is 0 Å². The van der Waals surface area contributed by atoms with E-state index in [1.807, 2.05) is 11.8 Å². The Balaban J connectivity index is 2.81. The van der Waals surface area contributed by atoms with Gasteiger partial charge in [0.05, 0.1) is 5.37 Å². The van der Waals surface area contributed by atoms with Crippen molar-refractivity contribution >= 4 is 11.8 Å². The first-order valence-corrected chi connectivity index (χ1v) is 6.30. The summed E-state index contributed by atoms with van der Waals surface area (Å²) in [4.78, 5) is 2.37. The molecule has 0 amide bonds. The molecule has 4 atom stereocenters. The van der Waals surface area contributed by atoms with Gasteiger partial charge in [-0.2, -0.15) is 0 Å². The molecule has 0 bridgehead atoms. The average Bonchev–Trinajstić information content (AvgIpc) is 2.48. The van der Waals surface area contributed by atoms with Crippen LogP contribution in [-0.2, 0) is 9.47 Å². The molecule has 1 saturated heterocycles. The predicted molar refractivity (Wildman–Crippen MR) is 60.7 cm³/mol. The third-order valence-electron chi connectivity index (χ3n) is 3.11. The van der Waals surface area contributed by atoms with Crippen LogP contribution >= 0.6 is 11.8 Å². The van der Waals surface area contributed by atoms with Gasteiger partial charge in [-0.05, 0) is 19.7 Å².